The molecule has 3 aromatic rings. The molecule has 1 aliphatic rings. The number of hydrogen-bond donors (Lipinski definition) is 2. The lowest BCUT2D eigenvalue weighted by molar-refractivity contribution is -0.149. The molecule has 0 bridgehead atoms. The molecule has 1 aliphatic heterocycles. The van der Waals surface area contributed by atoms with Crippen LogP contribution in [0.2, 0.25) is 0 Å². The molecule has 0 unspecified atom stereocenters. The number of esters is 2. The molecule has 1 fully saturated rings. The number of benzene rings is 1. The summed E-state index contributed by atoms with van der Waals surface area (Å²) in [6.45, 7) is 2.60. The Balaban J connectivity index is 1.64. The first-order valence-corrected chi connectivity index (χ1v) is 9.94. The Morgan fingerprint density at radius 2 is 1.94 bits per heavy atom. The third kappa shape index (κ3) is 4.72. The van der Waals surface area contributed by atoms with E-state index in [1.807, 2.05) is 6.07 Å². The lowest BCUT2D eigenvalue weighted by Gasteiger charge is -2.18. The monoisotopic (exact) mass is 439 g/mol. The summed E-state index contributed by atoms with van der Waals surface area (Å²) in [6.07, 6.45) is -0.293. The van der Waals surface area contributed by atoms with Crippen LogP contribution in [-0.4, -0.2) is 56.6 Å². The van der Waals surface area contributed by atoms with E-state index in [1.54, 1.807) is 24.3 Å². The van der Waals surface area contributed by atoms with Gasteiger partial charge in [0.2, 0.25) is 0 Å². The van der Waals surface area contributed by atoms with Crippen LogP contribution in [0.5, 0.6) is 0 Å². The lowest BCUT2D eigenvalue weighted by Crippen LogP contribution is -2.23. The number of fused-ring (bicyclic) bond motifs is 1. The van der Waals surface area contributed by atoms with Gasteiger partial charge in [0, 0.05) is 25.8 Å². The Morgan fingerprint density at radius 1 is 1.16 bits per heavy atom. The third-order valence-corrected chi connectivity index (χ3v) is 4.79. The van der Waals surface area contributed by atoms with Crippen molar-refractivity contribution in [1.29, 1.82) is 0 Å². The molecule has 1 aromatic carbocycles. The molecule has 11 nitrogen and oxygen atoms in total. The smallest absolute Gasteiger partial charge is 0.303 e. The number of ether oxygens (including phenoxy) is 3. The summed E-state index contributed by atoms with van der Waals surface area (Å²) in [7, 11) is 0. The number of nitrogens with one attached hydrogen (secondary N) is 2. The van der Waals surface area contributed by atoms with Crippen molar-refractivity contribution >= 4 is 34.8 Å². The van der Waals surface area contributed by atoms with Crippen molar-refractivity contribution < 1.29 is 28.6 Å². The number of H-pyrrole nitrogens is 1. The van der Waals surface area contributed by atoms with Gasteiger partial charge in [0.1, 0.15) is 18.2 Å². The second-order valence-electron chi connectivity index (χ2n) is 7.22. The number of carbonyl (C=O) groups excluding carboxylic acids is 3. The van der Waals surface area contributed by atoms with Gasteiger partial charge in [-0.3, -0.25) is 14.4 Å². The van der Waals surface area contributed by atoms with Gasteiger partial charge < -0.3 is 24.5 Å². The van der Waals surface area contributed by atoms with Crippen LogP contribution >= 0.6 is 0 Å². The highest BCUT2D eigenvalue weighted by Crippen LogP contribution is 2.35. The number of aromatic amines is 1. The highest BCUT2D eigenvalue weighted by atomic mass is 16.6. The average Bonchev–Trinajstić information content (AvgIpc) is 3.39. The molecule has 0 aliphatic carbocycles. The van der Waals surface area contributed by atoms with Crippen molar-refractivity contribution in [3.05, 3.63) is 48.0 Å². The van der Waals surface area contributed by atoms with E-state index in [-0.39, 0.29) is 24.2 Å². The summed E-state index contributed by atoms with van der Waals surface area (Å²) >= 11 is 0. The Hall–Kier alpha value is -3.86. The predicted molar refractivity (Wildman–Crippen MR) is 110 cm³/mol. The van der Waals surface area contributed by atoms with Gasteiger partial charge in [-0.25, -0.2) is 15.0 Å². The third-order valence-electron chi connectivity index (χ3n) is 4.79. The molecule has 0 saturated carbocycles. The molecule has 1 saturated heterocycles. The summed E-state index contributed by atoms with van der Waals surface area (Å²) in [6, 6.07) is 8.68. The zero-order chi connectivity index (χ0) is 22.7. The molecule has 3 heterocycles. The fourth-order valence-electron chi connectivity index (χ4n) is 3.44. The van der Waals surface area contributed by atoms with Gasteiger partial charge in [-0.2, -0.15) is 0 Å². The number of amides is 1. The van der Waals surface area contributed by atoms with Crippen molar-refractivity contribution in [2.24, 2.45) is 0 Å². The summed E-state index contributed by atoms with van der Waals surface area (Å²) in [5.41, 5.74) is 1.21. The number of hydrogen-bond acceptors (Lipinski definition) is 9. The van der Waals surface area contributed by atoms with E-state index in [0.29, 0.717) is 23.1 Å². The molecule has 11 heteroatoms. The van der Waals surface area contributed by atoms with Gasteiger partial charge in [0.25, 0.3) is 5.91 Å². The number of imidazole rings is 1. The van der Waals surface area contributed by atoms with E-state index in [4.69, 9.17) is 14.2 Å². The summed E-state index contributed by atoms with van der Waals surface area (Å²) < 4.78 is 16.4. The maximum absolute atomic E-state index is 12.7. The molecule has 4 rings (SSSR count). The Morgan fingerprint density at radius 3 is 2.66 bits per heavy atom. The zero-order valence-electron chi connectivity index (χ0n) is 17.4. The van der Waals surface area contributed by atoms with Gasteiger partial charge >= 0.3 is 11.9 Å². The van der Waals surface area contributed by atoms with E-state index < -0.39 is 30.3 Å². The number of rotatable bonds is 6. The van der Waals surface area contributed by atoms with Gasteiger partial charge in [0.15, 0.2) is 23.4 Å². The molecule has 0 spiro atoms. The minimum absolute atomic E-state index is 0.00580. The summed E-state index contributed by atoms with van der Waals surface area (Å²) in [4.78, 5) is 51.4. The SMILES string of the molecule is CC(=O)OC[C@@H]1C[C@@H](OC(C)=O)[C@H](c2nc(NC(=O)c3ccccc3)c3[nH]cnc3n2)O1. The van der Waals surface area contributed by atoms with Gasteiger partial charge in [-0.05, 0) is 12.1 Å². The Bertz CT molecular complexity index is 1150. The molecule has 166 valence electrons. The lowest BCUT2D eigenvalue weighted by atomic mass is 10.1. The van der Waals surface area contributed by atoms with Crippen molar-refractivity contribution in [3.63, 3.8) is 0 Å². The Labute approximate surface area is 182 Å². The molecule has 2 aromatic heterocycles. The van der Waals surface area contributed by atoms with Crippen LogP contribution in [0.15, 0.2) is 36.7 Å². The maximum Gasteiger partial charge on any atom is 0.303 e. The molecule has 0 radical (unpaired) electrons. The van der Waals surface area contributed by atoms with Crippen LogP contribution in [0.4, 0.5) is 5.82 Å². The van der Waals surface area contributed by atoms with Crippen LogP contribution < -0.4 is 5.32 Å². The fourth-order valence-corrected chi connectivity index (χ4v) is 3.44. The van der Waals surface area contributed by atoms with Crippen LogP contribution in [-0.2, 0) is 23.8 Å². The van der Waals surface area contributed by atoms with Crippen LogP contribution in [0, 0.1) is 0 Å². The largest absolute Gasteiger partial charge is 0.463 e. The summed E-state index contributed by atoms with van der Waals surface area (Å²) in [5.74, 6) is -0.895. The van der Waals surface area contributed by atoms with Crippen molar-refractivity contribution in [2.45, 2.75) is 38.6 Å². The van der Waals surface area contributed by atoms with Crippen molar-refractivity contribution in [3.8, 4) is 0 Å². The van der Waals surface area contributed by atoms with Crippen molar-refractivity contribution in [1.82, 2.24) is 19.9 Å². The van der Waals surface area contributed by atoms with Gasteiger partial charge in [-0.1, -0.05) is 18.2 Å². The van der Waals surface area contributed by atoms with Gasteiger partial charge in [0.05, 0.1) is 12.4 Å². The minimum atomic E-state index is -0.826. The first kappa shape index (κ1) is 21.4. The molecule has 32 heavy (non-hydrogen) atoms. The van der Waals surface area contributed by atoms with E-state index in [0.717, 1.165) is 0 Å². The number of aromatic nitrogens is 4. The predicted octanol–water partition coefficient (Wildman–Crippen LogP) is 1.93. The highest BCUT2D eigenvalue weighted by Gasteiger charge is 2.41. The zero-order valence-corrected chi connectivity index (χ0v) is 17.4. The number of nitrogens with zero attached hydrogens (tertiary/aromatic N) is 3. The molecule has 3 atom stereocenters. The normalized spacial score (nSPS) is 20.1. The van der Waals surface area contributed by atoms with E-state index in [1.165, 1.54) is 20.2 Å². The quantitative estimate of drug-likeness (QED) is 0.550. The van der Waals surface area contributed by atoms with Crippen molar-refractivity contribution in [2.75, 3.05) is 11.9 Å². The fraction of sp³-hybridized carbons (Fsp3) is 0.333. The Kier molecular flexibility index (Phi) is 6.08. The topological polar surface area (TPSA) is 145 Å². The standard InChI is InChI=1S/C21H21N5O6/c1-11(27)30-9-14-8-15(31-12(2)28)17(32-14)20-24-18-16(22-10-23-18)19(25-20)26-21(29)13-6-4-3-5-7-13/h3-7,10,14-15,17H,8-9H2,1-2H3,(H2,22,23,24,25,26,29)/t14-,15+,17+/m0/s1. The molecule has 1 amide bonds. The van der Waals surface area contributed by atoms with Crippen LogP contribution in [0.3, 0.4) is 0 Å². The second kappa shape index (κ2) is 9.10. The second-order valence-corrected chi connectivity index (χ2v) is 7.22. The average molecular weight is 439 g/mol. The van der Waals surface area contributed by atoms with E-state index in [2.05, 4.69) is 25.3 Å². The minimum Gasteiger partial charge on any atom is -0.463 e. The first-order chi connectivity index (χ1) is 15.4. The molecule has 2 N–H and O–H groups in total. The van der Waals surface area contributed by atoms with Crippen LogP contribution in [0.25, 0.3) is 11.2 Å². The summed E-state index contributed by atoms with van der Waals surface area (Å²) in [5, 5.41) is 2.76. The molecular weight excluding hydrogens is 418 g/mol. The number of anilines is 1. The van der Waals surface area contributed by atoms with Gasteiger partial charge in [-0.15, -0.1) is 0 Å². The number of carbonyl (C=O) groups is 3. The van der Waals surface area contributed by atoms with E-state index >= 15 is 0 Å². The molecular formula is C21H21N5O6. The highest BCUT2D eigenvalue weighted by molar-refractivity contribution is 6.06. The maximum atomic E-state index is 12.7. The van der Waals surface area contributed by atoms with Crippen LogP contribution in [0.1, 0.15) is 42.6 Å². The van der Waals surface area contributed by atoms with E-state index in [9.17, 15) is 14.4 Å². The first-order valence-electron chi connectivity index (χ1n) is 9.94.